The highest BCUT2D eigenvalue weighted by molar-refractivity contribution is 5.34. The van der Waals surface area contributed by atoms with Crippen molar-refractivity contribution in [2.24, 2.45) is 0 Å². The van der Waals surface area contributed by atoms with E-state index >= 15 is 0 Å². The average molecular weight is 105 g/mol. The first-order valence-corrected chi connectivity index (χ1v) is 2.74. The lowest BCUT2D eigenvalue weighted by Gasteiger charge is -1.88. The molecule has 0 N–H and O–H groups in total. The molecular formula is C8H9+. The summed E-state index contributed by atoms with van der Waals surface area (Å²) in [5.41, 5.74) is 2.65. The van der Waals surface area contributed by atoms with Gasteiger partial charge in [0.15, 0.2) is 0 Å². The van der Waals surface area contributed by atoms with Gasteiger partial charge in [0.2, 0.25) is 0 Å². The summed E-state index contributed by atoms with van der Waals surface area (Å²) in [6.07, 6.45) is 8.99. The molecule has 0 fully saturated rings. The molecule has 1 rings (SSSR count). The Bertz CT molecular complexity index is 148. The van der Waals surface area contributed by atoms with Gasteiger partial charge in [-0.2, -0.15) is 0 Å². The normalized spacial score (nSPS) is 16.8. The maximum atomic E-state index is 3.00. The minimum Gasteiger partial charge on any atom is -0.0141 e. The van der Waals surface area contributed by atoms with E-state index in [0.717, 1.165) is 0 Å². The van der Waals surface area contributed by atoms with Crippen LogP contribution in [0.5, 0.6) is 0 Å². The van der Waals surface area contributed by atoms with Gasteiger partial charge in [0.05, 0.1) is 17.2 Å². The van der Waals surface area contributed by atoms with E-state index < -0.39 is 0 Å². The van der Waals surface area contributed by atoms with Crippen LogP contribution in [-0.4, -0.2) is 0 Å². The van der Waals surface area contributed by atoms with E-state index in [9.17, 15) is 0 Å². The van der Waals surface area contributed by atoms with Crippen LogP contribution in [0.3, 0.4) is 0 Å². The Morgan fingerprint density at radius 2 is 2.00 bits per heavy atom. The zero-order valence-corrected chi connectivity index (χ0v) is 5.23. The molecule has 40 valence electrons. The molecule has 0 unspecified atom stereocenters. The molecule has 1 aliphatic carbocycles. The van der Waals surface area contributed by atoms with Gasteiger partial charge in [0.25, 0.3) is 0 Å². The first kappa shape index (κ1) is 5.27. The number of rotatable bonds is 0. The van der Waals surface area contributed by atoms with Crippen molar-refractivity contribution in [3.63, 3.8) is 0 Å². The molecule has 0 aliphatic heterocycles. The molecule has 0 heterocycles. The van der Waals surface area contributed by atoms with Gasteiger partial charge in [-0.15, -0.1) is 0 Å². The SMILES string of the molecule is CC1=C(C)C=C[C+]=C1. The van der Waals surface area contributed by atoms with Crippen LogP contribution in [0.15, 0.2) is 29.4 Å². The lowest BCUT2D eigenvalue weighted by Crippen LogP contribution is -1.79. The molecule has 1 aliphatic rings. The fourth-order valence-corrected chi connectivity index (χ4v) is 0.592. The minimum atomic E-state index is 1.31. The van der Waals surface area contributed by atoms with Crippen molar-refractivity contribution in [3.8, 4) is 0 Å². The van der Waals surface area contributed by atoms with Gasteiger partial charge < -0.3 is 0 Å². The van der Waals surface area contributed by atoms with Crippen LogP contribution < -0.4 is 0 Å². The standard InChI is InChI=1S/C8H9/c1-7-5-3-4-6-8(7)2/h3,5-6H,1-2H3/q+1. The van der Waals surface area contributed by atoms with E-state index in [0.29, 0.717) is 0 Å². The molecule has 0 atom stereocenters. The zero-order chi connectivity index (χ0) is 5.98. The number of hydrogen-bond donors (Lipinski definition) is 0. The maximum absolute atomic E-state index is 3.00. The predicted octanol–water partition coefficient (Wildman–Crippen LogP) is 2.25. The van der Waals surface area contributed by atoms with Crippen molar-refractivity contribution >= 4 is 0 Å². The fraction of sp³-hybridized carbons (Fsp3) is 0.250. The topological polar surface area (TPSA) is 0 Å². The van der Waals surface area contributed by atoms with Crippen molar-refractivity contribution in [2.75, 3.05) is 0 Å². The Kier molecular flexibility index (Phi) is 1.27. The van der Waals surface area contributed by atoms with Crippen LogP contribution >= 0.6 is 0 Å². The van der Waals surface area contributed by atoms with Gasteiger partial charge in [-0.3, -0.25) is 0 Å². The molecule has 0 spiro atoms. The van der Waals surface area contributed by atoms with Gasteiger partial charge in [-0.1, -0.05) is 0 Å². The van der Waals surface area contributed by atoms with Gasteiger partial charge in [-0.25, -0.2) is 0 Å². The molecule has 0 aromatic carbocycles. The minimum absolute atomic E-state index is 1.31. The van der Waals surface area contributed by atoms with Crippen molar-refractivity contribution < 1.29 is 0 Å². The Morgan fingerprint density at radius 1 is 1.25 bits per heavy atom. The van der Waals surface area contributed by atoms with E-state index in [1.807, 2.05) is 12.2 Å². The van der Waals surface area contributed by atoms with Crippen LogP contribution in [0, 0.1) is 6.08 Å². The summed E-state index contributed by atoms with van der Waals surface area (Å²) in [7, 11) is 0. The summed E-state index contributed by atoms with van der Waals surface area (Å²) >= 11 is 0. The Hall–Kier alpha value is -0.870. The van der Waals surface area contributed by atoms with Gasteiger partial charge >= 0.3 is 0 Å². The molecule has 0 radical (unpaired) electrons. The van der Waals surface area contributed by atoms with Crippen molar-refractivity contribution in [1.29, 1.82) is 0 Å². The van der Waals surface area contributed by atoms with Gasteiger partial charge in [0.1, 0.15) is 12.2 Å². The summed E-state index contributed by atoms with van der Waals surface area (Å²) in [5, 5.41) is 0. The Labute approximate surface area is 50.2 Å². The number of allylic oxidation sites excluding steroid dienone is 6. The van der Waals surface area contributed by atoms with Crippen LogP contribution in [-0.2, 0) is 0 Å². The van der Waals surface area contributed by atoms with E-state index in [4.69, 9.17) is 0 Å². The van der Waals surface area contributed by atoms with E-state index in [-0.39, 0.29) is 0 Å². The molecule has 8 heavy (non-hydrogen) atoms. The summed E-state index contributed by atoms with van der Waals surface area (Å²) in [4.78, 5) is 0. The molecule has 0 saturated carbocycles. The summed E-state index contributed by atoms with van der Waals surface area (Å²) in [6, 6.07) is 0. The Morgan fingerprint density at radius 3 is 2.38 bits per heavy atom. The van der Waals surface area contributed by atoms with Crippen LogP contribution in [0.1, 0.15) is 13.8 Å². The highest BCUT2D eigenvalue weighted by atomic mass is 14.0. The quantitative estimate of drug-likeness (QED) is 0.414. The molecule has 0 amide bonds. The second kappa shape index (κ2) is 1.94. The molecule has 0 aromatic heterocycles. The average Bonchev–Trinajstić information content (AvgIpc) is 1.77. The third-order valence-electron chi connectivity index (χ3n) is 1.35. The fourth-order valence-electron chi connectivity index (χ4n) is 0.592. The summed E-state index contributed by atoms with van der Waals surface area (Å²) in [6.45, 7) is 4.19. The molecular weight excluding hydrogens is 96.1 g/mol. The lowest BCUT2D eigenvalue weighted by molar-refractivity contribution is 1.35. The predicted molar refractivity (Wildman–Crippen MR) is 35.3 cm³/mol. The van der Waals surface area contributed by atoms with E-state index in [2.05, 4.69) is 26.0 Å². The molecule has 0 nitrogen and oxygen atoms in total. The van der Waals surface area contributed by atoms with E-state index in [1.54, 1.807) is 0 Å². The van der Waals surface area contributed by atoms with E-state index in [1.165, 1.54) is 11.1 Å². The summed E-state index contributed by atoms with van der Waals surface area (Å²) in [5.74, 6) is 0. The lowest BCUT2D eigenvalue weighted by atomic mass is 10.1. The van der Waals surface area contributed by atoms with Gasteiger partial charge in [-0.05, 0) is 6.92 Å². The van der Waals surface area contributed by atoms with Crippen LogP contribution in [0.25, 0.3) is 0 Å². The zero-order valence-electron chi connectivity index (χ0n) is 5.23. The maximum Gasteiger partial charge on any atom is 0.106 e. The molecule has 0 saturated heterocycles. The van der Waals surface area contributed by atoms with Crippen molar-refractivity contribution in [1.82, 2.24) is 0 Å². The first-order chi connectivity index (χ1) is 3.80. The molecule has 0 aromatic rings. The van der Waals surface area contributed by atoms with Crippen molar-refractivity contribution in [2.45, 2.75) is 13.8 Å². The molecule has 0 heteroatoms. The smallest absolute Gasteiger partial charge is 0.0141 e. The van der Waals surface area contributed by atoms with Crippen LogP contribution in [0.2, 0.25) is 0 Å². The highest BCUT2D eigenvalue weighted by Gasteiger charge is 2.00. The monoisotopic (exact) mass is 105 g/mol. The Balaban J connectivity index is 2.97. The van der Waals surface area contributed by atoms with Gasteiger partial charge in [0, 0.05) is 13.0 Å². The second-order valence-electron chi connectivity index (χ2n) is 2.01. The largest absolute Gasteiger partial charge is 0.106 e. The van der Waals surface area contributed by atoms with Crippen LogP contribution in [0.4, 0.5) is 0 Å². The third kappa shape index (κ3) is 0.853. The highest BCUT2D eigenvalue weighted by Crippen LogP contribution is 2.09. The van der Waals surface area contributed by atoms with Crippen molar-refractivity contribution in [3.05, 3.63) is 35.5 Å². The second-order valence-corrected chi connectivity index (χ2v) is 2.01. The first-order valence-electron chi connectivity index (χ1n) is 2.74. The summed E-state index contributed by atoms with van der Waals surface area (Å²) < 4.78 is 0. The number of hydrogen-bond acceptors (Lipinski definition) is 0. The third-order valence-corrected chi connectivity index (χ3v) is 1.35. The molecule has 0 bridgehead atoms.